The van der Waals surface area contributed by atoms with E-state index in [0.29, 0.717) is 21.0 Å². The first kappa shape index (κ1) is 18.1. The number of thiophene rings is 1. The molecule has 0 atom stereocenters. The molecule has 28 heavy (non-hydrogen) atoms. The quantitative estimate of drug-likeness (QED) is 0.251. The predicted octanol–water partition coefficient (Wildman–Crippen LogP) is 5.39. The zero-order valence-electron chi connectivity index (χ0n) is 14.3. The third kappa shape index (κ3) is 3.45. The van der Waals surface area contributed by atoms with Gasteiger partial charge in [0.2, 0.25) is 5.78 Å². The monoisotopic (exact) mass is 409 g/mol. The van der Waals surface area contributed by atoms with Gasteiger partial charge in [-0.25, -0.2) is 4.68 Å². The van der Waals surface area contributed by atoms with Crippen LogP contribution in [0.4, 0.5) is 5.69 Å². The van der Waals surface area contributed by atoms with E-state index in [1.807, 2.05) is 5.38 Å². The molecule has 138 valence electrons. The molecule has 0 radical (unpaired) electrons. The Morgan fingerprint density at radius 1 is 1.07 bits per heavy atom. The molecule has 2 heterocycles. The average molecular weight is 410 g/mol. The summed E-state index contributed by atoms with van der Waals surface area (Å²) in [5.41, 5.74) is 2.29. The number of aromatic nitrogens is 2. The number of benzene rings is 2. The van der Waals surface area contributed by atoms with Crippen molar-refractivity contribution in [2.45, 2.75) is 0 Å². The Morgan fingerprint density at radius 2 is 1.79 bits per heavy atom. The maximum atomic E-state index is 13.0. The van der Waals surface area contributed by atoms with Crippen molar-refractivity contribution in [2.75, 3.05) is 0 Å². The highest BCUT2D eigenvalue weighted by Gasteiger charge is 2.21. The van der Waals surface area contributed by atoms with Crippen LogP contribution < -0.4 is 0 Å². The molecule has 0 N–H and O–H groups in total. The van der Waals surface area contributed by atoms with E-state index in [1.54, 1.807) is 59.4 Å². The van der Waals surface area contributed by atoms with Crippen LogP contribution in [0, 0.1) is 10.1 Å². The number of nitro groups is 1. The first-order valence-corrected chi connectivity index (χ1v) is 9.47. The lowest BCUT2D eigenvalue weighted by atomic mass is 10.0. The van der Waals surface area contributed by atoms with Crippen molar-refractivity contribution in [3.63, 3.8) is 0 Å². The first-order chi connectivity index (χ1) is 13.5. The van der Waals surface area contributed by atoms with Gasteiger partial charge in [-0.15, -0.1) is 11.3 Å². The summed E-state index contributed by atoms with van der Waals surface area (Å²) in [4.78, 5) is 24.0. The summed E-state index contributed by atoms with van der Waals surface area (Å²) < 4.78 is 1.61. The van der Waals surface area contributed by atoms with E-state index in [-0.39, 0.29) is 17.2 Å². The van der Waals surface area contributed by atoms with Crippen LogP contribution in [0.1, 0.15) is 15.4 Å². The van der Waals surface area contributed by atoms with Gasteiger partial charge in [-0.2, -0.15) is 5.10 Å². The van der Waals surface area contributed by atoms with Gasteiger partial charge in [-0.05, 0) is 53.4 Å². The molecule has 0 spiro atoms. The van der Waals surface area contributed by atoms with Gasteiger partial charge in [0.1, 0.15) is 5.69 Å². The second-order valence-corrected chi connectivity index (χ2v) is 7.31. The van der Waals surface area contributed by atoms with Crippen molar-refractivity contribution in [1.29, 1.82) is 0 Å². The summed E-state index contributed by atoms with van der Waals surface area (Å²) >= 11 is 7.29. The maximum Gasteiger partial charge on any atom is 0.269 e. The molecule has 4 rings (SSSR count). The standard InChI is InChI=1S/C20H12ClN3O3S/c21-14-5-9-15(10-6-14)23-12-17(13-3-7-16(8-4-13)24(26)27)19(22-23)20(25)18-2-1-11-28-18/h1-12H. The molecule has 0 fully saturated rings. The number of rotatable bonds is 5. The molecular weight excluding hydrogens is 398 g/mol. The zero-order valence-corrected chi connectivity index (χ0v) is 15.9. The summed E-state index contributed by atoms with van der Waals surface area (Å²) in [6.07, 6.45) is 1.74. The van der Waals surface area contributed by atoms with Crippen molar-refractivity contribution in [1.82, 2.24) is 9.78 Å². The predicted molar refractivity (Wildman–Crippen MR) is 108 cm³/mol. The van der Waals surface area contributed by atoms with E-state index in [1.165, 1.54) is 23.5 Å². The lowest BCUT2D eigenvalue weighted by molar-refractivity contribution is -0.384. The van der Waals surface area contributed by atoms with Crippen LogP contribution in [-0.2, 0) is 0 Å². The third-order valence-electron chi connectivity index (χ3n) is 4.15. The minimum absolute atomic E-state index is 0.0139. The van der Waals surface area contributed by atoms with Crippen LogP contribution in [0.2, 0.25) is 5.02 Å². The van der Waals surface area contributed by atoms with Crippen LogP contribution in [0.25, 0.3) is 16.8 Å². The van der Waals surface area contributed by atoms with Gasteiger partial charge in [0.05, 0.1) is 15.5 Å². The lowest BCUT2D eigenvalue weighted by Crippen LogP contribution is -2.03. The van der Waals surface area contributed by atoms with Gasteiger partial charge in [0.15, 0.2) is 0 Å². The van der Waals surface area contributed by atoms with Crippen molar-refractivity contribution < 1.29 is 9.72 Å². The fourth-order valence-corrected chi connectivity index (χ4v) is 3.56. The molecule has 0 saturated carbocycles. The fraction of sp³-hybridized carbons (Fsp3) is 0. The van der Waals surface area contributed by atoms with E-state index < -0.39 is 4.92 Å². The fourth-order valence-electron chi connectivity index (χ4n) is 2.77. The van der Waals surface area contributed by atoms with Crippen molar-refractivity contribution in [3.8, 4) is 16.8 Å². The molecule has 0 aliphatic rings. The molecule has 0 aliphatic heterocycles. The minimum atomic E-state index is -0.460. The highest BCUT2D eigenvalue weighted by atomic mass is 35.5. The van der Waals surface area contributed by atoms with Crippen LogP contribution in [0.15, 0.2) is 72.2 Å². The first-order valence-electron chi connectivity index (χ1n) is 8.21. The SMILES string of the molecule is O=C(c1cccs1)c1nn(-c2ccc(Cl)cc2)cc1-c1ccc([N+](=O)[O-])cc1. The maximum absolute atomic E-state index is 13.0. The van der Waals surface area contributed by atoms with Crippen molar-refractivity contribution in [3.05, 3.63) is 97.9 Å². The average Bonchev–Trinajstić information content (AvgIpc) is 3.38. The zero-order chi connectivity index (χ0) is 19.7. The van der Waals surface area contributed by atoms with Crippen LogP contribution >= 0.6 is 22.9 Å². The molecule has 2 aromatic heterocycles. The molecular formula is C20H12ClN3O3S. The smallest absolute Gasteiger partial charge is 0.269 e. The molecule has 0 bridgehead atoms. The highest BCUT2D eigenvalue weighted by molar-refractivity contribution is 7.12. The van der Waals surface area contributed by atoms with Crippen LogP contribution in [-0.4, -0.2) is 20.5 Å². The molecule has 0 unspecified atom stereocenters. The summed E-state index contributed by atoms with van der Waals surface area (Å²) in [7, 11) is 0. The van der Waals surface area contributed by atoms with Crippen molar-refractivity contribution >= 4 is 34.4 Å². The lowest BCUT2D eigenvalue weighted by Gasteiger charge is -2.01. The molecule has 4 aromatic rings. The molecule has 0 saturated heterocycles. The van der Waals surface area contributed by atoms with E-state index in [9.17, 15) is 14.9 Å². The van der Waals surface area contributed by atoms with Gasteiger partial charge in [-0.1, -0.05) is 17.7 Å². The molecule has 2 aromatic carbocycles. The van der Waals surface area contributed by atoms with Gasteiger partial charge in [0.25, 0.3) is 5.69 Å². The van der Waals surface area contributed by atoms with Crippen LogP contribution in [0.5, 0.6) is 0 Å². The normalized spacial score (nSPS) is 10.8. The third-order valence-corrected chi connectivity index (χ3v) is 5.28. The molecule has 0 amide bonds. The molecule has 6 nitrogen and oxygen atoms in total. The Morgan fingerprint density at radius 3 is 2.39 bits per heavy atom. The Bertz CT molecular complexity index is 1150. The van der Waals surface area contributed by atoms with Crippen molar-refractivity contribution in [2.24, 2.45) is 0 Å². The number of carbonyl (C=O) groups is 1. The number of hydrogen-bond donors (Lipinski definition) is 0. The summed E-state index contributed by atoms with van der Waals surface area (Å²) in [5, 5.41) is 17.8. The van der Waals surface area contributed by atoms with E-state index in [2.05, 4.69) is 5.10 Å². The molecule has 0 aliphatic carbocycles. The number of nitrogens with zero attached hydrogens (tertiary/aromatic N) is 3. The Balaban J connectivity index is 1.84. The van der Waals surface area contributed by atoms with E-state index in [4.69, 9.17) is 11.6 Å². The Labute approximate surface area is 168 Å². The van der Waals surface area contributed by atoms with E-state index in [0.717, 1.165) is 5.69 Å². The van der Waals surface area contributed by atoms with E-state index >= 15 is 0 Å². The van der Waals surface area contributed by atoms with Gasteiger partial charge in [-0.3, -0.25) is 14.9 Å². The number of non-ortho nitro benzene ring substituents is 1. The largest absolute Gasteiger partial charge is 0.286 e. The Kier molecular flexibility index (Phi) is 4.77. The number of carbonyl (C=O) groups excluding carboxylic acids is 1. The number of nitro benzene ring substituents is 1. The highest BCUT2D eigenvalue weighted by Crippen LogP contribution is 2.29. The minimum Gasteiger partial charge on any atom is -0.286 e. The second kappa shape index (κ2) is 7.38. The number of ketones is 1. The van der Waals surface area contributed by atoms with Gasteiger partial charge in [0, 0.05) is 28.9 Å². The van der Waals surface area contributed by atoms with Gasteiger partial charge >= 0.3 is 0 Å². The van der Waals surface area contributed by atoms with Gasteiger partial charge < -0.3 is 0 Å². The topological polar surface area (TPSA) is 78.0 Å². The Hall–Kier alpha value is -3.29. The summed E-state index contributed by atoms with van der Waals surface area (Å²) in [5.74, 6) is -0.198. The molecule has 8 heteroatoms. The second-order valence-electron chi connectivity index (χ2n) is 5.92. The number of halogens is 1. The number of hydrogen-bond acceptors (Lipinski definition) is 5. The summed E-state index contributed by atoms with van der Waals surface area (Å²) in [6, 6.07) is 16.7. The summed E-state index contributed by atoms with van der Waals surface area (Å²) in [6.45, 7) is 0. The van der Waals surface area contributed by atoms with Crippen LogP contribution in [0.3, 0.4) is 0 Å².